The number of aliphatic hydroxyl groups excluding tert-OH is 1. The van der Waals surface area contributed by atoms with Crippen LogP contribution in [0.2, 0.25) is 0 Å². The Morgan fingerprint density at radius 1 is 1.00 bits per heavy atom. The average Bonchev–Trinajstić information content (AvgIpc) is 2.97. The molecular formula is C18H19NO2. The second-order valence-electron chi connectivity index (χ2n) is 5.22. The quantitative estimate of drug-likeness (QED) is 0.729. The smallest absolute Gasteiger partial charge is 0.134 e. The Morgan fingerprint density at radius 2 is 1.86 bits per heavy atom. The van der Waals surface area contributed by atoms with E-state index in [1.165, 1.54) is 5.56 Å². The molecule has 0 radical (unpaired) electrons. The second-order valence-corrected chi connectivity index (χ2v) is 5.22. The van der Waals surface area contributed by atoms with E-state index in [2.05, 4.69) is 11.4 Å². The maximum Gasteiger partial charge on any atom is 0.134 e. The van der Waals surface area contributed by atoms with Crippen LogP contribution in [0.3, 0.4) is 0 Å². The normalized spacial score (nSPS) is 12.6. The van der Waals surface area contributed by atoms with E-state index in [1.54, 1.807) is 6.26 Å². The van der Waals surface area contributed by atoms with Crippen molar-refractivity contribution in [3.05, 3.63) is 72.0 Å². The van der Waals surface area contributed by atoms with Gasteiger partial charge in [-0.25, -0.2) is 0 Å². The van der Waals surface area contributed by atoms with E-state index in [-0.39, 0.29) is 6.10 Å². The minimum absolute atomic E-state index is 0.379. The predicted molar refractivity (Wildman–Crippen MR) is 84.1 cm³/mol. The lowest BCUT2D eigenvalue weighted by atomic mass is 10.1. The lowest BCUT2D eigenvalue weighted by molar-refractivity contribution is 0.171. The first-order valence-electron chi connectivity index (χ1n) is 7.21. The largest absolute Gasteiger partial charge is 0.464 e. The molecule has 3 nitrogen and oxygen atoms in total. The molecule has 0 aliphatic rings. The summed E-state index contributed by atoms with van der Waals surface area (Å²) in [6, 6.07) is 18.1. The third-order valence-electron chi connectivity index (χ3n) is 3.60. The Bertz CT molecular complexity index is 691. The van der Waals surface area contributed by atoms with Gasteiger partial charge in [0.05, 0.1) is 12.4 Å². The monoisotopic (exact) mass is 281 g/mol. The SMILES string of the molecule is OC(CNCc1cccc2occc12)Cc1ccccc1. The molecule has 3 aromatic rings. The van der Waals surface area contributed by atoms with Gasteiger partial charge >= 0.3 is 0 Å². The van der Waals surface area contributed by atoms with Gasteiger partial charge in [0.1, 0.15) is 5.58 Å². The average molecular weight is 281 g/mol. The molecule has 1 aromatic heterocycles. The fourth-order valence-corrected chi connectivity index (χ4v) is 2.54. The minimum Gasteiger partial charge on any atom is -0.464 e. The van der Waals surface area contributed by atoms with Crippen molar-refractivity contribution in [2.45, 2.75) is 19.1 Å². The third kappa shape index (κ3) is 3.51. The highest BCUT2D eigenvalue weighted by atomic mass is 16.3. The summed E-state index contributed by atoms with van der Waals surface area (Å²) in [6.45, 7) is 1.30. The van der Waals surface area contributed by atoms with Crippen LogP contribution in [0, 0.1) is 0 Å². The summed E-state index contributed by atoms with van der Waals surface area (Å²) in [4.78, 5) is 0. The number of aliphatic hydroxyl groups is 1. The number of fused-ring (bicyclic) bond motifs is 1. The molecule has 0 bridgehead atoms. The Labute approximate surface area is 124 Å². The summed E-state index contributed by atoms with van der Waals surface area (Å²) < 4.78 is 5.39. The van der Waals surface area contributed by atoms with E-state index >= 15 is 0 Å². The molecule has 0 aliphatic carbocycles. The van der Waals surface area contributed by atoms with Gasteiger partial charge in [-0.1, -0.05) is 42.5 Å². The number of furan rings is 1. The summed E-state index contributed by atoms with van der Waals surface area (Å²) >= 11 is 0. The van der Waals surface area contributed by atoms with Gasteiger partial charge in [0.2, 0.25) is 0 Å². The van der Waals surface area contributed by atoms with Crippen molar-refractivity contribution in [1.29, 1.82) is 0 Å². The predicted octanol–water partition coefficient (Wildman–Crippen LogP) is 3.13. The van der Waals surface area contributed by atoms with Crippen molar-refractivity contribution in [3.63, 3.8) is 0 Å². The number of hydrogen-bond donors (Lipinski definition) is 2. The van der Waals surface area contributed by atoms with Gasteiger partial charge in [0, 0.05) is 18.5 Å². The van der Waals surface area contributed by atoms with Crippen molar-refractivity contribution >= 4 is 11.0 Å². The van der Waals surface area contributed by atoms with Crippen LogP contribution in [-0.2, 0) is 13.0 Å². The molecular weight excluding hydrogens is 262 g/mol. The van der Waals surface area contributed by atoms with Gasteiger partial charge in [-0.05, 0) is 29.7 Å². The number of nitrogens with one attached hydrogen (secondary N) is 1. The van der Waals surface area contributed by atoms with Crippen LogP contribution in [0.1, 0.15) is 11.1 Å². The zero-order chi connectivity index (χ0) is 14.5. The molecule has 0 spiro atoms. The molecule has 1 unspecified atom stereocenters. The Hall–Kier alpha value is -2.10. The standard InChI is InChI=1S/C18H19NO2/c20-16(11-14-5-2-1-3-6-14)13-19-12-15-7-4-8-18-17(15)9-10-21-18/h1-10,16,19-20H,11-13H2. The molecule has 1 heterocycles. The highest BCUT2D eigenvalue weighted by molar-refractivity contribution is 5.80. The molecule has 0 saturated carbocycles. The molecule has 108 valence electrons. The second kappa shape index (κ2) is 6.57. The van der Waals surface area contributed by atoms with Crippen molar-refractivity contribution in [1.82, 2.24) is 5.32 Å². The van der Waals surface area contributed by atoms with Crippen LogP contribution in [0.4, 0.5) is 0 Å². The Kier molecular flexibility index (Phi) is 4.34. The van der Waals surface area contributed by atoms with Crippen LogP contribution in [0.5, 0.6) is 0 Å². The number of hydrogen-bond acceptors (Lipinski definition) is 3. The third-order valence-corrected chi connectivity index (χ3v) is 3.60. The van der Waals surface area contributed by atoms with Crippen molar-refractivity contribution < 1.29 is 9.52 Å². The lowest BCUT2D eigenvalue weighted by Gasteiger charge is -2.12. The molecule has 3 heteroatoms. The summed E-state index contributed by atoms with van der Waals surface area (Å²) in [6.07, 6.45) is 2.00. The minimum atomic E-state index is -0.379. The fourth-order valence-electron chi connectivity index (χ4n) is 2.54. The summed E-state index contributed by atoms with van der Waals surface area (Å²) in [5.41, 5.74) is 3.25. The zero-order valence-corrected chi connectivity index (χ0v) is 11.8. The van der Waals surface area contributed by atoms with Gasteiger partial charge < -0.3 is 14.8 Å². The van der Waals surface area contributed by atoms with Gasteiger partial charge in [-0.3, -0.25) is 0 Å². The van der Waals surface area contributed by atoms with Crippen LogP contribution >= 0.6 is 0 Å². The first kappa shape index (κ1) is 13.9. The molecule has 3 rings (SSSR count). The van der Waals surface area contributed by atoms with E-state index in [9.17, 15) is 5.11 Å². The summed E-state index contributed by atoms with van der Waals surface area (Å²) in [7, 11) is 0. The van der Waals surface area contributed by atoms with Crippen molar-refractivity contribution in [2.75, 3.05) is 6.54 Å². The summed E-state index contributed by atoms with van der Waals surface area (Å²) in [5.74, 6) is 0. The maximum atomic E-state index is 10.1. The molecule has 0 aliphatic heterocycles. The lowest BCUT2D eigenvalue weighted by Crippen LogP contribution is -2.28. The molecule has 1 atom stereocenters. The molecule has 2 N–H and O–H groups in total. The van der Waals surface area contributed by atoms with Crippen molar-refractivity contribution in [2.24, 2.45) is 0 Å². The van der Waals surface area contributed by atoms with Gasteiger partial charge in [-0.2, -0.15) is 0 Å². The maximum absolute atomic E-state index is 10.1. The van der Waals surface area contributed by atoms with E-state index in [1.807, 2.05) is 48.5 Å². The van der Waals surface area contributed by atoms with Crippen LogP contribution < -0.4 is 5.32 Å². The molecule has 0 fully saturated rings. The number of benzene rings is 2. The molecule has 2 aromatic carbocycles. The molecule has 0 amide bonds. The van der Waals surface area contributed by atoms with Crippen LogP contribution in [0.25, 0.3) is 11.0 Å². The Balaban J connectivity index is 1.53. The van der Waals surface area contributed by atoms with E-state index in [4.69, 9.17) is 4.42 Å². The highest BCUT2D eigenvalue weighted by Gasteiger charge is 2.06. The first-order chi connectivity index (χ1) is 10.3. The van der Waals surface area contributed by atoms with Gasteiger partial charge in [0.15, 0.2) is 0 Å². The van der Waals surface area contributed by atoms with Crippen LogP contribution in [-0.4, -0.2) is 17.8 Å². The molecule has 21 heavy (non-hydrogen) atoms. The molecule has 0 saturated heterocycles. The van der Waals surface area contributed by atoms with E-state index in [0.29, 0.717) is 13.0 Å². The zero-order valence-electron chi connectivity index (χ0n) is 11.8. The highest BCUT2D eigenvalue weighted by Crippen LogP contribution is 2.19. The summed E-state index contributed by atoms with van der Waals surface area (Å²) in [5, 5.41) is 14.5. The van der Waals surface area contributed by atoms with E-state index in [0.717, 1.165) is 23.1 Å². The van der Waals surface area contributed by atoms with Crippen molar-refractivity contribution in [3.8, 4) is 0 Å². The fraction of sp³-hybridized carbons (Fsp3) is 0.222. The topological polar surface area (TPSA) is 45.4 Å². The van der Waals surface area contributed by atoms with Crippen LogP contribution in [0.15, 0.2) is 65.3 Å². The first-order valence-corrected chi connectivity index (χ1v) is 7.21. The Morgan fingerprint density at radius 3 is 2.71 bits per heavy atom. The number of rotatable bonds is 6. The van der Waals surface area contributed by atoms with Gasteiger partial charge in [-0.15, -0.1) is 0 Å². The van der Waals surface area contributed by atoms with Gasteiger partial charge in [0.25, 0.3) is 0 Å². The van der Waals surface area contributed by atoms with E-state index < -0.39 is 0 Å².